The molecular formula is C14H17BrN2O. The fourth-order valence-corrected chi connectivity index (χ4v) is 3.35. The molecule has 18 heavy (non-hydrogen) atoms. The summed E-state index contributed by atoms with van der Waals surface area (Å²) in [7, 11) is 0. The maximum atomic E-state index is 12.2. The molecular weight excluding hydrogens is 292 g/mol. The summed E-state index contributed by atoms with van der Waals surface area (Å²) in [5, 5.41) is 3.39. The Morgan fingerprint density at radius 1 is 1.39 bits per heavy atom. The van der Waals surface area contributed by atoms with Crippen molar-refractivity contribution >= 4 is 21.8 Å². The first-order valence-electron chi connectivity index (χ1n) is 6.40. The zero-order valence-electron chi connectivity index (χ0n) is 10.3. The van der Waals surface area contributed by atoms with Gasteiger partial charge in [-0.15, -0.1) is 0 Å². The fourth-order valence-electron chi connectivity index (χ4n) is 2.92. The Morgan fingerprint density at radius 2 is 2.17 bits per heavy atom. The van der Waals surface area contributed by atoms with Crippen LogP contribution in [-0.4, -0.2) is 37.0 Å². The molecule has 0 unspecified atom stereocenters. The Morgan fingerprint density at radius 3 is 2.83 bits per heavy atom. The highest BCUT2D eigenvalue weighted by Crippen LogP contribution is 2.36. The number of halogens is 1. The Bertz CT molecular complexity index is 461. The topological polar surface area (TPSA) is 32.3 Å². The van der Waals surface area contributed by atoms with E-state index in [4.69, 9.17) is 0 Å². The SMILES string of the molecule is O=C(Cc1ccccc1Br)N1CC2(CCNC2)C1. The van der Waals surface area contributed by atoms with Crippen molar-refractivity contribution < 1.29 is 4.79 Å². The van der Waals surface area contributed by atoms with Crippen molar-refractivity contribution in [3.05, 3.63) is 34.3 Å². The number of hydrogen-bond donors (Lipinski definition) is 1. The Labute approximate surface area is 116 Å². The van der Waals surface area contributed by atoms with Crippen LogP contribution in [0.4, 0.5) is 0 Å². The number of nitrogens with one attached hydrogen (secondary N) is 1. The molecule has 1 amide bonds. The van der Waals surface area contributed by atoms with Crippen molar-refractivity contribution in [2.45, 2.75) is 12.8 Å². The highest BCUT2D eigenvalue weighted by molar-refractivity contribution is 9.10. The third kappa shape index (κ3) is 2.19. The second kappa shape index (κ2) is 4.67. The molecule has 2 saturated heterocycles. The summed E-state index contributed by atoms with van der Waals surface area (Å²) in [5.74, 6) is 0.249. The molecule has 1 N–H and O–H groups in total. The number of nitrogens with zero attached hydrogens (tertiary/aromatic N) is 1. The van der Waals surface area contributed by atoms with Crippen molar-refractivity contribution in [3.8, 4) is 0 Å². The lowest BCUT2D eigenvalue weighted by Crippen LogP contribution is -2.59. The lowest BCUT2D eigenvalue weighted by molar-refractivity contribution is -0.141. The molecule has 3 nitrogen and oxygen atoms in total. The summed E-state index contributed by atoms with van der Waals surface area (Å²) in [6.07, 6.45) is 1.72. The monoisotopic (exact) mass is 308 g/mol. The van der Waals surface area contributed by atoms with Crippen molar-refractivity contribution in [3.63, 3.8) is 0 Å². The van der Waals surface area contributed by atoms with E-state index in [0.29, 0.717) is 11.8 Å². The van der Waals surface area contributed by atoms with Crippen molar-refractivity contribution in [1.29, 1.82) is 0 Å². The number of benzene rings is 1. The van der Waals surface area contributed by atoms with Crippen molar-refractivity contribution in [2.75, 3.05) is 26.2 Å². The van der Waals surface area contributed by atoms with Gasteiger partial charge in [-0.3, -0.25) is 4.79 Å². The highest BCUT2D eigenvalue weighted by atomic mass is 79.9. The van der Waals surface area contributed by atoms with Gasteiger partial charge in [-0.1, -0.05) is 34.1 Å². The van der Waals surface area contributed by atoms with Crippen LogP contribution in [0.5, 0.6) is 0 Å². The van der Waals surface area contributed by atoms with E-state index in [9.17, 15) is 4.79 Å². The molecule has 2 aliphatic heterocycles. The zero-order valence-corrected chi connectivity index (χ0v) is 11.9. The summed E-state index contributed by atoms with van der Waals surface area (Å²) >= 11 is 3.49. The van der Waals surface area contributed by atoms with E-state index in [1.165, 1.54) is 6.42 Å². The van der Waals surface area contributed by atoms with E-state index in [1.54, 1.807) is 0 Å². The van der Waals surface area contributed by atoms with E-state index in [0.717, 1.165) is 36.2 Å². The predicted molar refractivity (Wildman–Crippen MR) is 74.3 cm³/mol. The van der Waals surface area contributed by atoms with Crippen LogP contribution >= 0.6 is 15.9 Å². The lowest BCUT2D eigenvalue weighted by Gasteiger charge is -2.47. The first kappa shape index (κ1) is 12.2. The van der Waals surface area contributed by atoms with Gasteiger partial charge in [0.05, 0.1) is 6.42 Å². The van der Waals surface area contributed by atoms with Gasteiger partial charge < -0.3 is 10.2 Å². The Hall–Kier alpha value is -0.870. The average Bonchev–Trinajstić information content (AvgIpc) is 2.79. The first-order valence-corrected chi connectivity index (χ1v) is 7.20. The van der Waals surface area contributed by atoms with Crippen LogP contribution in [0.3, 0.4) is 0 Å². The molecule has 0 aromatic heterocycles. The van der Waals surface area contributed by atoms with Crippen LogP contribution in [0.15, 0.2) is 28.7 Å². The van der Waals surface area contributed by atoms with E-state index in [-0.39, 0.29) is 5.91 Å². The van der Waals surface area contributed by atoms with Crippen LogP contribution in [0, 0.1) is 5.41 Å². The minimum absolute atomic E-state index is 0.249. The molecule has 0 saturated carbocycles. The van der Waals surface area contributed by atoms with Crippen LogP contribution in [0.2, 0.25) is 0 Å². The molecule has 2 heterocycles. The largest absolute Gasteiger partial charge is 0.341 e. The molecule has 0 atom stereocenters. The molecule has 3 rings (SSSR count). The second-order valence-corrected chi connectivity index (χ2v) is 6.30. The molecule has 1 aromatic carbocycles. The van der Waals surface area contributed by atoms with Gasteiger partial charge in [0.15, 0.2) is 0 Å². The van der Waals surface area contributed by atoms with Gasteiger partial charge in [-0.2, -0.15) is 0 Å². The molecule has 2 aliphatic rings. The molecule has 2 fully saturated rings. The third-order valence-corrected chi connectivity index (χ3v) is 4.81. The van der Waals surface area contributed by atoms with Gasteiger partial charge in [-0.25, -0.2) is 0 Å². The number of carbonyl (C=O) groups is 1. The summed E-state index contributed by atoms with van der Waals surface area (Å²) in [5.41, 5.74) is 1.47. The van der Waals surface area contributed by atoms with Crippen molar-refractivity contribution in [1.82, 2.24) is 10.2 Å². The van der Waals surface area contributed by atoms with E-state index in [1.807, 2.05) is 29.2 Å². The maximum Gasteiger partial charge on any atom is 0.227 e. The predicted octanol–water partition coefficient (Wildman–Crippen LogP) is 1.81. The number of likely N-dealkylation sites (tertiary alicyclic amines) is 1. The van der Waals surface area contributed by atoms with Gasteiger partial charge in [0.1, 0.15) is 0 Å². The summed E-state index contributed by atoms with van der Waals surface area (Å²) < 4.78 is 1.02. The van der Waals surface area contributed by atoms with Crippen LogP contribution in [0.1, 0.15) is 12.0 Å². The smallest absolute Gasteiger partial charge is 0.227 e. The Balaban J connectivity index is 1.59. The standard InChI is InChI=1S/C14H17BrN2O/c15-12-4-2-1-3-11(12)7-13(18)17-9-14(10-17)5-6-16-8-14/h1-4,16H,5-10H2. The number of rotatable bonds is 2. The summed E-state index contributed by atoms with van der Waals surface area (Å²) in [6, 6.07) is 7.95. The van der Waals surface area contributed by atoms with E-state index in [2.05, 4.69) is 21.2 Å². The second-order valence-electron chi connectivity index (χ2n) is 5.44. The molecule has 0 aliphatic carbocycles. The molecule has 1 aromatic rings. The molecule has 0 radical (unpaired) electrons. The zero-order chi connectivity index (χ0) is 12.6. The Kier molecular flexibility index (Phi) is 3.16. The molecule has 96 valence electrons. The number of amides is 1. The third-order valence-electron chi connectivity index (χ3n) is 4.04. The minimum Gasteiger partial charge on any atom is -0.341 e. The van der Waals surface area contributed by atoms with Crippen LogP contribution in [-0.2, 0) is 11.2 Å². The average molecular weight is 309 g/mol. The number of carbonyl (C=O) groups excluding carboxylic acids is 1. The van der Waals surface area contributed by atoms with E-state index >= 15 is 0 Å². The summed E-state index contributed by atoms with van der Waals surface area (Å²) in [6.45, 7) is 4.05. The normalized spacial score (nSPS) is 21.1. The van der Waals surface area contributed by atoms with Crippen LogP contribution < -0.4 is 5.32 Å². The van der Waals surface area contributed by atoms with Gasteiger partial charge in [0.2, 0.25) is 5.91 Å². The first-order chi connectivity index (χ1) is 8.69. The van der Waals surface area contributed by atoms with Gasteiger partial charge in [-0.05, 0) is 24.6 Å². The molecule has 0 bridgehead atoms. The minimum atomic E-state index is 0.249. The fraction of sp³-hybridized carbons (Fsp3) is 0.500. The van der Waals surface area contributed by atoms with Crippen molar-refractivity contribution in [2.24, 2.45) is 5.41 Å². The molecule has 1 spiro atoms. The molecule has 4 heteroatoms. The van der Waals surface area contributed by atoms with Gasteiger partial charge in [0.25, 0.3) is 0 Å². The maximum absolute atomic E-state index is 12.2. The van der Waals surface area contributed by atoms with Crippen LogP contribution in [0.25, 0.3) is 0 Å². The highest BCUT2D eigenvalue weighted by Gasteiger charge is 2.46. The van der Waals surface area contributed by atoms with Gasteiger partial charge in [0, 0.05) is 29.5 Å². The number of hydrogen-bond acceptors (Lipinski definition) is 2. The summed E-state index contributed by atoms with van der Waals surface area (Å²) in [4.78, 5) is 14.2. The van der Waals surface area contributed by atoms with Gasteiger partial charge >= 0.3 is 0 Å². The quantitative estimate of drug-likeness (QED) is 0.904. The van der Waals surface area contributed by atoms with E-state index < -0.39 is 0 Å². The lowest BCUT2D eigenvalue weighted by atomic mass is 9.79.